The molecule has 1 aromatic rings. The highest BCUT2D eigenvalue weighted by Crippen LogP contribution is 2.16. The molecule has 1 aromatic heterocycles. The number of nitrogens with one attached hydrogen (secondary N) is 1. The molecule has 0 spiro atoms. The van der Waals surface area contributed by atoms with E-state index in [1.54, 1.807) is 22.1 Å². The summed E-state index contributed by atoms with van der Waals surface area (Å²) in [6.45, 7) is 3.78. The lowest BCUT2D eigenvalue weighted by Crippen LogP contribution is -2.51. The van der Waals surface area contributed by atoms with Crippen molar-refractivity contribution in [3.05, 3.63) is 11.1 Å². The van der Waals surface area contributed by atoms with Crippen LogP contribution in [0.3, 0.4) is 0 Å². The standard InChI is InChI=1S/C13H19N5O4S/c1-2-22-13(21)18-5-3-17(4-6-18)12(20)16-11-15-9(8-23-11)7-10(14)19/h8H,2-7H2,1H3,(H2,14,19)(H,15,16,20). The fraction of sp³-hybridized carbons (Fsp3) is 0.538. The maximum Gasteiger partial charge on any atom is 0.409 e. The molecule has 2 rings (SSSR count). The van der Waals surface area contributed by atoms with Gasteiger partial charge in [0.25, 0.3) is 0 Å². The number of urea groups is 1. The third kappa shape index (κ3) is 4.81. The molecular weight excluding hydrogens is 322 g/mol. The molecule has 0 unspecified atom stereocenters. The highest BCUT2D eigenvalue weighted by molar-refractivity contribution is 7.13. The maximum atomic E-state index is 12.2. The van der Waals surface area contributed by atoms with Crippen molar-refractivity contribution in [3.63, 3.8) is 0 Å². The Kier molecular flexibility index (Phi) is 5.74. The van der Waals surface area contributed by atoms with Crippen LogP contribution in [0.2, 0.25) is 0 Å². The first-order valence-corrected chi connectivity index (χ1v) is 8.08. The fourth-order valence-electron chi connectivity index (χ4n) is 2.10. The molecule has 3 N–H and O–H groups in total. The molecule has 1 fully saturated rings. The molecule has 10 heteroatoms. The topological polar surface area (TPSA) is 118 Å². The number of ether oxygens (including phenoxy) is 1. The number of amides is 4. The summed E-state index contributed by atoms with van der Waals surface area (Å²) < 4.78 is 4.93. The van der Waals surface area contributed by atoms with Crippen molar-refractivity contribution in [1.29, 1.82) is 0 Å². The first kappa shape index (κ1) is 17.0. The van der Waals surface area contributed by atoms with Gasteiger partial charge in [-0.1, -0.05) is 0 Å². The Morgan fingerprint density at radius 1 is 1.30 bits per heavy atom. The summed E-state index contributed by atoms with van der Waals surface area (Å²) >= 11 is 1.23. The molecule has 1 aliphatic rings. The van der Waals surface area contributed by atoms with Crippen LogP contribution in [0.5, 0.6) is 0 Å². The lowest BCUT2D eigenvalue weighted by atomic mass is 10.3. The molecule has 1 saturated heterocycles. The summed E-state index contributed by atoms with van der Waals surface area (Å²) in [6.07, 6.45) is -0.312. The summed E-state index contributed by atoms with van der Waals surface area (Å²) in [4.78, 5) is 41.9. The Bertz CT molecular complexity index is 583. The molecule has 23 heavy (non-hydrogen) atoms. The molecule has 0 bridgehead atoms. The summed E-state index contributed by atoms with van der Waals surface area (Å²) in [6, 6.07) is -0.284. The number of nitrogens with zero attached hydrogens (tertiary/aromatic N) is 3. The highest BCUT2D eigenvalue weighted by atomic mass is 32.1. The molecule has 0 radical (unpaired) electrons. The lowest BCUT2D eigenvalue weighted by Gasteiger charge is -2.33. The minimum absolute atomic E-state index is 0.0462. The van der Waals surface area contributed by atoms with Gasteiger partial charge in [0.05, 0.1) is 18.7 Å². The zero-order valence-corrected chi connectivity index (χ0v) is 13.6. The van der Waals surface area contributed by atoms with E-state index in [0.717, 1.165) is 0 Å². The summed E-state index contributed by atoms with van der Waals surface area (Å²) in [7, 11) is 0. The van der Waals surface area contributed by atoms with Gasteiger partial charge < -0.3 is 20.3 Å². The first-order chi connectivity index (χ1) is 11.0. The maximum absolute atomic E-state index is 12.2. The van der Waals surface area contributed by atoms with E-state index >= 15 is 0 Å². The molecule has 0 saturated carbocycles. The van der Waals surface area contributed by atoms with E-state index in [2.05, 4.69) is 10.3 Å². The molecule has 126 valence electrons. The SMILES string of the molecule is CCOC(=O)N1CCN(C(=O)Nc2nc(CC(N)=O)cs2)CC1. The van der Waals surface area contributed by atoms with Gasteiger partial charge >= 0.3 is 12.1 Å². The van der Waals surface area contributed by atoms with E-state index in [9.17, 15) is 14.4 Å². The van der Waals surface area contributed by atoms with E-state index in [1.807, 2.05) is 0 Å². The van der Waals surface area contributed by atoms with Crippen LogP contribution >= 0.6 is 11.3 Å². The number of primary amides is 1. The van der Waals surface area contributed by atoms with Crippen LogP contribution in [-0.4, -0.2) is 65.6 Å². The van der Waals surface area contributed by atoms with Crippen molar-refractivity contribution in [2.45, 2.75) is 13.3 Å². The van der Waals surface area contributed by atoms with E-state index in [4.69, 9.17) is 10.5 Å². The van der Waals surface area contributed by atoms with Crippen LogP contribution in [0.1, 0.15) is 12.6 Å². The smallest absolute Gasteiger partial charge is 0.409 e. The number of aromatic nitrogens is 1. The molecule has 2 heterocycles. The average Bonchev–Trinajstić information content (AvgIpc) is 2.93. The average molecular weight is 341 g/mol. The number of hydrogen-bond acceptors (Lipinski definition) is 6. The molecular formula is C13H19N5O4S. The van der Waals surface area contributed by atoms with Gasteiger partial charge in [-0.3, -0.25) is 10.1 Å². The van der Waals surface area contributed by atoms with Crippen LogP contribution in [0.15, 0.2) is 5.38 Å². The van der Waals surface area contributed by atoms with Crippen LogP contribution < -0.4 is 11.1 Å². The van der Waals surface area contributed by atoms with Crippen LogP contribution in [0.4, 0.5) is 14.7 Å². The Morgan fingerprint density at radius 2 is 1.96 bits per heavy atom. The Balaban J connectivity index is 1.82. The summed E-state index contributed by atoms with van der Waals surface area (Å²) in [5.74, 6) is -0.469. The second kappa shape index (κ2) is 7.77. The third-order valence-corrected chi connectivity index (χ3v) is 4.02. The molecule has 0 atom stereocenters. The van der Waals surface area contributed by atoms with Crippen LogP contribution in [0, 0.1) is 0 Å². The third-order valence-electron chi connectivity index (χ3n) is 3.21. The monoisotopic (exact) mass is 341 g/mol. The van der Waals surface area contributed by atoms with Crippen LogP contribution in [0.25, 0.3) is 0 Å². The molecule has 9 nitrogen and oxygen atoms in total. The number of nitrogens with two attached hydrogens (primary N) is 1. The first-order valence-electron chi connectivity index (χ1n) is 7.20. The normalized spacial score (nSPS) is 14.5. The number of thiazole rings is 1. The molecule has 1 aliphatic heterocycles. The predicted molar refractivity (Wildman–Crippen MR) is 84.2 cm³/mol. The molecule has 0 aromatic carbocycles. The Hall–Kier alpha value is -2.36. The van der Waals surface area contributed by atoms with Crippen molar-refractivity contribution < 1.29 is 19.1 Å². The van der Waals surface area contributed by atoms with Crippen molar-refractivity contribution in [3.8, 4) is 0 Å². The minimum Gasteiger partial charge on any atom is -0.450 e. The second-order valence-electron chi connectivity index (χ2n) is 4.89. The summed E-state index contributed by atoms with van der Waals surface area (Å²) in [5.41, 5.74) is 5.63. The van der Waals surface area contributed by atoms with Gasteiger partial charge in [0.1, 0.15) is 0 Å². The van der Waals surface area contributed by atoms with E-state index in [-0.39, 0.29) is 18.5 Å². The number of carbonyl (C=O) groups is 3. The van der Waals surface area contributed by atoms with E-state index in [1.165, 1.54) is 11.3 Å². The quantitative estimate of drug-likeness (QED) is 0.826. The van der Waals surface area contributed by atoms with Crippen molar-refractivity contribution in [2.24, 2.45) is 5.73 Å². The zero-order chi connectivity index (χ0) is 16.8. The number of piperazine rings is 1. The highest BCUT2D eigenvalue weighted by Gasteiger charge is 2.25. The lowest BCUT2D eigenvalue weighted by molar-refractivity contribution is -0.117. The van der Waals surface area contributed by atoms with E-state index in [0.29, 0.717) is 43.6 Å². The molecule has 4 amide bonds. The van der Waals surface area contributed by atoms with E-state index < -0.39 is 5.91 Å². The summed E-state index contributed by atoms with van der Waals surface area (Å²) in [5, 5.41) is 4.78. The minimum atomic E-state index is -0.469. The van der Waals surface area contributed by atoms with Gasteiger partial charge in [0, 0.05) is 31.6 Å². The number of carbonyl (C=O) groups excluding carboxylic acids is 3. The van der Waals surface area contributed by atoms with Gasteiger partial charge in [-0.15, -0.1) is 11.3 Å². The molecule has 0 aliphatic carbocycles. The van der Waals surface area contributed by atoms with Gasteiger partial charge in [0.2, 0.25) is 5.91 Å². The van der Waals surface area contributed by atoms with Gasteiger partial charge in [0.15, 0.2) is 5.13 Å². The van der Waals surface area contributed by atoms with Gasteiger partial charge in [-0.2, -0.15) is 0 Å². The van der Waals surface area contributed by atoms with Gasteiger partial charge in [-0.05, 0) is 6.92 Å². The zero-order valence-electron chi connectivity index (χ0n) is 12.8. The van der Waals surface area contributed by atoms with Gasteiger partial charge in [-0.25, -0.2) is 14.6 Å². The Morgan fingerprint density at radius 3 is 2.57 bits per heavy atom. The van der Waals surface area contributed by atoms with Crippen molar-refractivity contribution in [2.75, 3.05) is 38.1 Å². The Labute approximate surface area is 137 Å². The number of anilines is 1. The number of rotatable bonds is 4. The van der Waals surface area contributed by atoms with Crippen molar-refractivity contribution >= 4 is 34.5 Å². The fourth-order valence-corrected chi connectivity index (χ4v) is 2.80. The van der Waals surface area contributed by atoms with Crippen LogP contribution in [-0.2, 0) is 16.0 Å². The largest absolute Gasteiger partial charge is 0.450 e. The second-order valence-corrected chi connectivity index (χ2v) is 5.75. The predicted octanol–water partition coefficient (Wildman–Crippen LogP) is 0.477. The van der Waals surface area contributed by atoms with Crippen molar-refractivity contribution in [1.82, 2.24) is 14.8 Å². The number of hydrogen-bond donors (Lipinski definition) is 2.